The molecule has 0 bridgehead atoms. The van der Waals surface area contributed by atoms with Gasteiger partial charge in [0.05, 0.1) is 4.92 Å². The van der Waals surface area contributed by atoms with Crippen molar-refractivity contribution < 1.29 is 9.72 Å². The van der Waals surface area contributed by atoms with Crippen molar-refractivity contribution in [2.45, 2.75) is 26.3 Å². The zero-order valence-electron chi connectivity index (χ0n) is 12.2. The third-order valence-corrected chi connectivity index (χ3v) is 3.44. The van der Waals surface area contributed by atoms with E-state index in [-0.39, 0.29) is 23.1 Å². The van der Waals surface area contributed by atoms with E-state index in [1.165, 1.54) is 0 Å². The number of aryl methyl sites for hydroxylation is 1. The quantitative estimate of drug-likeness (QED) is 0.612. The molecule has 1 aliphatic heterocycles. The van der Waals surface area contributed by atoms with Gasteiger partial charge in [-0.2, -0.15) is 4.98 Å². The Morgan fingerprint density at radius 3 is 2.81 bits per heavy atom. The van der Waals surface area contributed by atoms with E-state index >= 15 is 0 Å². The summed E-state index contributed by atoms with van der Waals surface area (Å²) in [6.45, 7) is 4.34. The molecule has 0 aliphatic carbocycles. The summed E-state index contributed by atoms with van der Waals surface area (Å²) in [6, 6.07) is -0.462. The Balaban J connectivity index is 2.57. The lowest BCUT2D eigenvalue weighted by Gasteiger charge is -2.35. The van der Waals surface area contributed by atoms with Gasteiger partial charge in [0.15, 0.2) is 0 Å². The zero-order valence-corrected chi connectivity index (χ0v) is 12.2. The van der Waals surface area contributed by atoms with Gasteiger partial charge in [0.1, 0.15) is 11.7 Å². The molecule has 0 radical (unpaired) electrons. The molecule has 1 amide bonds. The van der Waals surface area contributed by atoms with Gasteiger partial charge < -0.3 is 15.5 Å². The number of nitrogens with zero attached hydrogens (tertiary/aromatic N) is 4. The van der Waals surface area contributed by atoms with E-state index in [4.69, 9.17) is 0 Å². The highest BCUT2D eigenvalue weighted by atomic mass is 16.6. The number of nitro groups is 1. The fourth-order valence-electron chi connectivity index (χ4n) is 2.45. The van der Waals surface area contributed by atoms with Gasteiger partial charge in [-0.1, -0.05) is 6.92 Å². The van der Waals surface area contributed by atoms with E-state index in [1.54, 1.807) is 18.9 Å². The molecule has 1 unspecified atom stereocenters. The molecule has 2 heterocycles. The summed E-state index contributed by atoms with van der Waals surface area (Å²) in [7, 11) is 1.64. The monoisotopic (exact) mass is 294 g/mol. The normalized spacial score (nSPS) is 18.3. The van der Waals surface area contributed by atoms with Crippen LogP contribution in [0.15, 0.2) is 0 Å². The van der Waals surface area contributed by atoms with Crippen LogP contribution in [0.4, 0.5) is 17.5 Å². The first kappa shape index (κ1) is 14.9. The van der Waals surface area contributed by atoms with Crippen molar-refractivity contribution >= 4 is 23.4 Å². The van der Waals surface area contributed by atoms with Crippen LogP contribution in [0.1, 0.15) is 19.0 Å². The highest BCUT2D eigenvalue weighted by Gasteiger charge is 2.35. The van der Waals surface area contributed by atoms with Crippen LogP contribution in [0.2, 0.25) is 0 Å². The molecule has 0 aromatic carbocycles. The fraction of sp³-hybridized carbons (Fsp3) is 0.583. The van der Waals surface area contributed by atoms with Crippen molar-refractivity contribution in [1.29, 1.82) is 0 Å². The lowest BCUT2D eigenvalue weighted by molar-refractivity contribution is -0.385. The molecule has 0 spiro atoms. The summed E-state index contributed by atoms with van der Waals surface area (Å²) >= 11 is 0. The Labute approximate surface area is 121 Å². The van der Waals surface area contributed by atoms with E-state index in [1.807, 2.05) is 6.92 Å². The van der Waals surface area contributed by atoms with Crippen LogP contribution in [-0.4, -0.2) is 47.0 Å². The molecule has 114 valence electrons. The summed E-state index contributed by atoms with van der Waals surface area (Å²) in [5.41, 5.74) is 0.123. The maximum atomic E-state index is 11.9. The van der Waals surface area contributed by atoms with E-state index in [2.05, 4.69) is 20.6 Å². The predicted molar refractivity (Wildman–Crippen MR) is 77.4 cm³/mol. The topological polar surface area (TPSA) is 113 Å². The van der Waals surface area contributed by atoms with Crippen molar-refractivity contribution in [3.63, 3.8) is 0 Å². The standard InChI is InChI=1S/C12H18N6O3/c1-4-8-11(19)14-5-6-17(8)10-9(18(20)21)7(2)15-12(13-3)16-10/h8H,4-6H2,1-3H3,(H,14,19)(H,13,15,16). The first-order valence-corrected chi connectivity index (χ1v) is 6.74. The van der Waals surface area contributed by atoms with Crippen molar-refractivity contribution in [1.82, 2.24) is 15.3 Å². The number of amides is 1. The molecule has 1 aromatic rings. The van der Waals surface area contributed by atoms with Gasteiger partial charge >= 0.3 is 5.69 Å². The van der Waals surface area contributed by atoms with E-state index in [9.17, 15) is 14.9 Å². The van der Waals surface area contributed by atoms with E-state index in [0.717, 1.165) is 0 Å². The summed E-state index contributed by atoms with van der Waals surface area (Å²) in [5.74, 6) is 0.354. The number of nitrogens with one attached hydrogen (secondary N) is 2. The zero-order chi connectivity index (χ0) is 15.6. The van der Waals surface area contributed by atoms with Crippen molar-refractivity contribution in [3.8, 4) is 0 Å². The highest BCUT2D eigenvalue weighted by molar-refractivity contribution is 5.87. The summed E-state index contributed by atoms with van der Waals surface area (Å²) in [5, 5.41) is 16.9. The van der Waals surface area contributed by atoms with Crippen LogP contribution in [-0.2, 0) is 4.79 Å². The molecular formula is C12H18N6O3. The Bertz CT molecular complexity index is 576. The molecule has 1 saturated heterocycles. The van der Waals surface area contributed by atoms with Crippen LogP contribution < -0.4 is 15.5 Å². The Morgan fingerprint density at radius 1 is 1.52 bits per heavy atom. The summed E-state index contributed by atoms with van der Waals surface area (Å²) in [4.78, 5) is 32.7. The summed E-state index contributed by atoms with van der Waals surface area (Å²) < 4.78 is 0. The SMILES string of the molecule is CCC1C(=O)NCCN1c1nc(NC)nc(C)c1[N+](=O)[O-]. The number of piperazine rings is 1. The molecule has 0 saturated carbocycles. The van der Waals surface area contributed by atoms with Crippen molar-refractivity contribution in [3.05, 3.63) is 15.8 Å². The Morgan fingerprint density at radius 2 is 2.24 bits per heavy atom. The number of aromatic nitrogens is 2. The van der Waals surface area contributed by atoms with Crippen LogP contribution in [0.5, 0.6) is 0 Å². The first-order valence-electron chi connectivity index (χ1n) is 6.74. The fourth-order valence-corrected chi connectivity index (χ4v) is 2.45. The second-order valence-electron chi connectivity index (χ2n) is 4.72. The second kappa shape index (κ2) is 5.90. The third-order valence-electron chi connectivity index (χ3n) is 3.44. The smallest absolute Gasteiger partial charge is 0.332 e. The lowest BCUT2D eigenvalue weighted by atomic mass is 10.1. The van der Waals surface area contributed by atoms with Gasteiger partial charge in [-0.15, -0.1) is 0 Å². The Hall–Kier alpha value is -2.45. The van der Waals surface area contributed by atoms with E-state index < -0.39 is 11.0 Å². The average Bonchev–Trinajstić information content (AvgIpc) is 2.45. The predicted octanol–water partition coefficient (Wildman–Crippen LogP) is 0.450. The molecule has 21 heavy (non-hydrogen) atoms. The number of carbonyl (C=O) groups is 1. The van der Waals surface area contributed by atoms with E-state index in [0.29, 0.717) is 25.5 Å². The highest BCUT2D eigenvalue weighted by Crippen LogP contribution is 2.32. The number of rotatable bonds is 4. The average molecular weight is 294 g/mol. The largest absolute Gasteiger partial charge is 0.357 e. The minimum atomic E-state index is -0.497. The molecule has 1 aliphatic rings. The van der Waals surface area contributed by atoms with Crippen LogP contribution in [0.25, 0.3) is 0 Å². The third kappa shape index (κ3) is 2.71. The second-order valence-corrected chi connectivity index (χ2v) is 4.72. The molecule has 2 N–H and O–H groups in total. The molecule has 2 rings (SSSR count). The molecule has 1 aromatic heterocycles. The maximum absolute atomic E-state index is 11.9. The van der Waals surface area contributed by atoms with Gasteiger partial charge in [0, 0.05) is 20.1 Å². The number of hydrogen-bond donors (Lipinski definition) is 2. The number of carbonyl (C=O) groups excluding carboxylic acids is 1. The molecule has 1 fully saturated rings. The molecular weight excluding hydrogens is 276 g/mol. The number of hydrogen-bond acceptors (Lipinski definition) is 7. The van der Waals surface area contributed by atoms with Gasteiger partial charge in [-0.05, 0) is 13.3 Å². The lowest BCUT2D eigenvalue weighted by Crippen LogP contribution is -2.55. The van der Waals surface area contributed by atoms with Gasteiger partial charge in [0.25, 0.3) is 0 Å². The van der Waals surface area contributed by atoms with Crippen molar-refractivity contribution in [2.24, 2.45) is 0 Å². The van der Waals surface area contributed by atoms with Gasteiger partial charge in [0.2, 0.25) is 17.7 Å². The van der Waals surface area contributed by atoms with Crippen LogP contribution in [0.3, 0.4) is 0 Å². The van der Waals surface area contributed by atoms with Crippen LogP contribution >= 0.6 is 0 Å². The summed E-state index contributed by atoms with van der Waals surface area (Å²) in [6.07, 6.45) is 0.543. The molecule has 1 atom stereocenters. The minimum absolute atomic E-state index is 0.139. The first-order chi connectivity index (χ1) is 9.99. The molecule has 9 heteroatoms. The van der Waals surface area contributed by atoms with Gasteiger partial charge in [-0.25, -0.2) is 4.98 Å². The Kier molecular flexibility index (Phi) is 4.20. The minimum Gasteiger partial charge on any atom is -0.357 e. The maximum Gasteiger partial charge on any atom is 0.332 e. The van der Waals surface area contributed by atoms with Crippen LogP contribution in [0, 0.1) is 17.0 Å². The van der Waals surface area contributed by atoms with Gasteiger partial charge in [-0.3, -0.25) is 14.9 Å². The van der Waals surface area contributed by atoms with Crippen molar-refractivity contribution in [2.75, 3.05) is 30.4 Å². The number of anilines is 2. The molecule has 9 nitrogen and oxygen atoms in total.